The molecule has 1 aromatic carbocycles. The standard InChI is InChI=1S/C13H16O4S/c1-3-5-8-18(16,17)11-7-6-10(4-2)12(9-11)13(14)15/h3,5-7,9H,4,8H2,1-2H3,(H,14,15)/b5-3+. The van der Waals surface area contributed by atoms with E-state index in [9.17, 15) is 13.2 Å². The Morgan fingerprint density at radius 1 is 1.39 bits per heavy atom. The number of aryl methyl sites for hydroxylation is 1. The lowest BCUT2D eigenvalue weighted by Crippen LogP contribution is -2.08. The van der Waals surface area contributed by atoms with Crippen LogP contribution in [0.15, 0.2) is 35.2 Å². The van der Waals surface area contributed by atoms with Crippen LogP contribution in [-0.4, -0.2) is 25.2 Å². The molecule has 0 heterocycles. The highest BCUT2D eigenvalue weighted by atomic mass is 32.2. The van der Waals surface area contributed by atoms with Crippen LogP contribution in [0.25, 0.3) is 0 Å². The average Bonchev–Trinajstić information content (AvgIpc) is 2.35. The quantitative estimate of drug-likeness (QED) is 0.832. The predicted octanol–water partition coefficient (Wildman–Crippen LogP) is 2.30. The summed E-state index contributed by atoms with van der Waals surface area (Å²) in [6, 6.07) is 4.26. The van der Waals surface area contributed by atoms with Gasteiger partial charge in [0.2, 0.25) is 0 Å². The number of allylic oxidation sites excluding steroid dienone is 1. The van der Waals surface area contributed by atoms with E-state index in [1.54, 1.807) is 19.1 Å². The number of sulfone groups is 1. The molecule has 0 aliphatic heterocycles. The van der Waals surface area contributed by atoms with Gasteiger partial charge in [-0.25, -0.2) is 13.2 Å². The van der Waals surface area contributed by atoms with Gasteiger partial charge in [0, 0.05) is 0 Å². The van der Waals surface area contributed by atoms with E-state index in [-0.39, 0.29) is 16.2 Å². The monoisotopic (exact) mass is 268 g/mol. The van der Waals surface area contributed by atoms with Gasteiger partial charge in [0.1, 0.15) is 0 Å². The fourth-order valence-corrected chi connectivity index (χ4v) is 2.79. The summed E-state index contributed by atoms with van der Waals surface area (Å²) in [4.78, 5) is 11.1. The highest BCUT2D eigenvalue weighted by Gasteiger charge is 2.17. The van der Waals surface area contributed by atoms with E-state index in [0.29, 0.717) is 12.0 Å². The first-order valence-electron chi connectivity index (χ1n) is 5.62. The molecule has 0 atom stereocenters. The zero-order chi connectivity index (χ0) is 13.8. The number of carbonyl (C=O) groups is 1. The highest BCUT2D eigenvalue weighted by molar-refractivity contribution is 7.91. The summed E-state index contributed by atoms with van der Waals surface area (Å²) < 4.78 is 23.8. The molecule has 1 N–H and O–H groups in total. The maximum Gasteiger partial charge on any atom is 0.336 e. The third-order valence-electron chi connectivity index (χ3n) is 2.60. The smallest absolute Gasteiger partial charge is 0.336 e. The van der Waals surface area contributed by atoms with Crippen molar-refractivity contribution in [2.24, 2.45) is 0 Å². The Bertz CT molecular complexity index is 571. The first-order chi connectivity index (χ1) is 8.42. The van der Waals surface area contributed by atoms with Gasteiger partial charge in [-0.15, -0.1) is 0 Å². The minimum Gasteiger partial charge on any atom is -0.478 e. The SMILES string of the molecule is C/C=C/CS(=O)(=O)c1ccc(CC)c(C(=O)O)c1. The summed E-state index contributed by atoms with van der Waals surface area (Å²) in [5.74, 6) is -1.22. The van der Waals surface area contributed by atoms with Crippen molar-refractivity contribution in [1.82, 2.24) is 0 Å². The van der Waals surface area contributed by atoms with Crippen molar-refractivity contribution in [3.8, 4) is 0 Å². The molecule has 98 valence electrons. The maximum atomic E-state index is 11.9. The van der Waals surface area contributed by atoms with E-state index >= 15 is 0 Å². The molecule has 1 rings (SSSR count). The van der Waals surface area contributed by atoms with Crippen LogP contribution < -0.4 is 0 Å². The summed E-state index contributed by atoms with van der Waals surface area (Å²) in [7, 11) is -3.45. The Labute approximate surface area is 107 Å². The van der Waals surface area contributed by atoms with Gasteiger partial charge in [0.15, 0.2) is 9.84 Å². The first-order valence-corrected chi connectivity index (χ1v) is 7.27. The van der Waals surface area contributed by atoms with E-state index in [4.69, 9.17) is 5.11 Å². The van der Waals surface area contributed by atoms with Crippen molar-refractivity contribution in [3.05, 3.63) is 41.5 Å². The molecule has 0 bridgehead atoms. The summed E-state index contributed by atoms with van der Waals surface area (Å²) >= 11 is 0. The molecule has 4 nitrogen and oxygen atoms in total. The van der Waals surface area contributed by atoms with E-state index in [2.05, 4.69) is 0 Å². The topological polar surface area (TPSA) is 71.4 Å². The Kier molecular flexibility index (Phi) is 4.67. The van der Waals surface area contributed by atoms with Crippen LogP contribution in [-0.2, 0) is 16.3 Å². The second kappa shape index (κ2) is 5.82. The summed E-state index contributed by atoms with van der Waals surface area (Å²) in [6.07, 6.45) is 3.73. The van der Waals surface area contributed by atoms with Crippen molar-refractivity contribution in [3.63, 3.8) is 0 Å². The molecule has 5 heteroatoms. The lowest BCUT2D eigenvalue weighted by molar-refractivity contribution is 0.0695. The molecule has 0 saturated heterocycles. The fourth-order valence-electron chi connectivity index (χ4n) is 1.58. The lowest BCUT2D eigenvalue weighted by atomic mass is 10.1. The molecule has 0 unspecified atom stereocenters. The second-order valence-electron chi connectivity index (χ2n) is 3.83. The van der Waals surface area contributed by atoms with E-state index in [0.717, 1.165) is 0 Å². The zero-order valence-corrected chi connectivity index (χ0v) is 11.2. The molecule has 18 heavy (non-hydrogen) atoms. The minimum absolute atomic E-state index is 0.0511. The number of carboxylic acid groups (broad SMARTS) is 1. The molecular weight excluding hydrogens is 252 g/mol. The zero-order valence-electron chi connectivity index (χ0n) is 10.4. The first kappa shape index (κ1) is 14.4. The van der Waals surface area contributed by atoms with Gasteiger partial charge >= 0.3 is 5.97 Å². The number of hydrogen-bond acceptors (Lipinski definition) is 3. The molecule has 0 aromatic heterocycles. The largest absolute Gasteiger partial charge is 0.478 e. The third-order valence-corrected chi connectivity index (χ3v) is 4.21. The van der Waals surface area contributed by atoms with E-state index in [1.807, 2.05) is 6.92 Å². The molecule has 0 saturated carbocycles. The molecule has 0 radical (unpaired) electrons. The van der Waals surface area contributed by atoms with Gasteiger partial charge < -0.3 is 5.11 Å². The highest BCUT2D eigenvalue weighted by Crippen LogP contribution is 2.18. The van der Waals surface area contributed by atoms with Crippen LogP contribution in [0.1, 0.15) is 29.8 Å². The van der Waals surface area contributed by atoms with Crippen LogP contribution in [0.5, 0.6) is 0 Å². The van der Waals surface area contributed by atoms with Gasteiger partial charge in [-0.05, 0) is 31.0 Å². The van der Waals surface area contributed by atoms with Gasteiger partial charge in [-0.2, -0.15) is 0 Å². The summed E-state index contributed by atoms with van der Waals surface area (Å²) in [6.45, 7) is 3.56. The van der Waals surface area contributed by atoms with Crippen LogP contribution >= 0.6 is 0 Å². The Morgan fingerprint density at radius 2 is 2.06 bits per heavy atom. The van der Waals surface area contributed by atoms with Crippen LogP contribution in [0.3, 0.4) is 0 Å². The number of hydrogen-bond donors (Lipinski definition) is 1. The van der Waals surface area contributed by atoms with Crippen molar-refractivity contribution in [1.29, 1.82) is 0 Å². The molecule has 0 aliphatic carbocycles. The van der Waals surface area contributed by atoms with Crippen LogP contribution in [0.2, 0.25) is 0 Å². The maximum absolute atomic E-state index is 11.9. The van der Waals surface area contributed by atoms with Crippen molar-refractivity contribution >= 4 is 15.8 Å². The van der Waals surface area contributed by atoms with Crippen molar-refractivity contribution < 1.29 is 18.3 Å². The van der Waals surface area contributed by atoms with E-state index < -0.39 is 15.8 Å². The predicted molar refractivity (Wildman–Crippen MR) is 69.6 cm³/mol. The summed E-state index contributed by atoms with van der Waals surface area (Å²) in [5.41, 5.74) is 0.687. The number of benzene rings is 1. The number of rotatable bonds is 5. The number of carboxylic acids is 1. The molecule has 0 aliphatic rings. The normalized spacial score (nSPS) is 11.9. The van der Waals surface area contributed by atoms with Gasteiger partial charge in [0.25, 0.3) is 0 Å². The summed E-state index contributed by atoms with van der Waals surface area (Å²) in [5, 5.41) is 9.05. The van der Waals surface area contributed by atoms with Crippen molar-refractivity contribution in [2.75, 3.05) is 5.75 Å². The van der Waals surface area contributed by atoms with Crippen LogP contribution in [0.4, 0.5) is 0 Å². The van der Waals surface area contributed by atoms with Crippen LogP contribution in [0, 0.1) is 0 Å². The van der Waals surface area contributed by atoms with Gasteiger partial charge in [-0.3, -0.25) is 0 Å². The lowest BCUT2D eigenvalue weighted by Gasteiger charge is -2.07. The Morgan fingerprint density at radius 3 is 2.56 bits per heavy atom. The minimum atomic E-state index is -3.45. The fraction of sp³-hybridized carbons (Fsp3) is 0.308. The molecule has 0 spiro atoms. The van der Waals surface area contributed by atoms with Crippen molar-refractivity contribution in [2.45, 2.75) is 25.2 Å². The Balaban J connectivity index is 3.28. The van der Waals surface area contributed by atoms with E-state index in [1.165, 1.54) is 18.2 Å². The average molecular weight is 268 g/mol. The van der Waals surface area contributed by atoms with Gasteiger partial charge in [-0.1, -0.05) is 25.1 Å². The Hall–Kier alpha value is -1.62. The molecular formula is C13H16O4S. The molecule has 0 amide bonds. The number of aromatic carboxylic acids is 1. The van der Waals surface area contributed by atoms with Gasteiger partial charge in [0.05, 0.1) is 16.2 Å². The third kappa shape index (κ3) is 3.20. The molecule has 1 aromatic rings. The molecule has 0 fully saturated rings. The second-order valence-corrected chi connectivity index (χ2v) is 5.86.